The number of halogens is 4. The van der Waals surface area contributed by atoms with Crippen LogP contribution < -0.4 is 5.32 Å². The minimum Gasteiger partial charge on any atom is -0.296 e. The maximum atomic E-state index is 12.7. The van der Waals surface area contributed by atoms with Gasteiger partial charge in [-0.2, -0.15) is 13.2 Å². The summed E-state index contributed by atoms with van der Waals surface area (Å²) in [6.07, 6.45) is -4.44. The van der Waals surface area contributed by atoms with E-state index in [4.69, 9.17) is 11.6 Å². The van der Waals surface area contributed by atoms with Crippen molar-refractivity contribution in [3.05, 3.63) is 39.2 Å². The number of carbonyl (C=O) groups is 1. The molecule has 0 aliphatic heterocycles. The van der Waals surface area contributed by atoms with Crippen LogP contribution in [0, 0.1) is 0 Å². The molecule has 0 spiro atoms. The Kier molecular flexibility index (Phi) is 3.79. The fraction of sp³-hybridized carbons (Fsp3) is 0.0833. The molecule has 0 saturated carbocycles. The second kappa shape index (κ2) is 5.49. The lowest BCUT2D eigenvalue weighted by Gasteiger charge is -2.05. The molecule has 2 heterocycles. The van der Waals surface area contributed by atoms with E-state index >= 15 is 0 Å². The Labute approximate surface area is 134 Å². The van der Waals surface area contributed by atoms with Crippen LogP contribution in [0.5, 0.6) is 0 Å². The maximum absolute atomic E-state index is 12.7. The molecule has 22 heavy (non-hydrogen) atoms. The van der Waals surface area contributed by atoms with E-state index in [0.717, 1.165) is 34.8 Å². The second-order valence-corrected chi connectivity index (χ2v) is 6.42. The first-order valence-electron chi connectivity index (χ1n) is 5.73. The Bertz CT molecular complexity index is 845. The standard InChI is InChI=1S/C12H5ClF3N3OS2/c13-8-6-2-1-5(12(14,15)16)3-7(6)22-9(8)10(20)18-11-19-17-4-21-11/h1-4H,(H,18,19,20). The number of hydrogen-bond donors (Lipinski definition) is 1. The summed E-state index contributed by atoms with van der Waals surface area (Å²) in [5.74, 6) is -0.531. The van der Waals surface area contributed by atoms with E-state index in [1.165, 1.54) is 11.6 Å². The molecule has 1 amide bonds. The normalized spacial score (nSPS) is 11.8. The van der Waals surface area contributed by atoms with Crippen molar-refractivity contribution in [2.75, 3.05) is 5.32 Å². The Hall–Kier alpha value is -1.71. The Morgan fingerprint density at radius 3 is 2.73 bits per heavy atom. The van der Waals surface area contributed by atoms with Gasteiger partial charge in [0.1, 0.15) is 10.4 Å². The molecular formula is C12H5ClF3N3OS2. The summed E-state index contributed by atoms with van der Waals surface area (Å²) >= 11 is 8.11. The lowest BCUT2D eigenvalue weighted by atomic mass is 10.1. The number of benzene rings is 1. The van der Waals surface area contributed by atoms with Gasteiger partial charge in [-0.15, -0.1) is 21.5 Å². The summed E-state index contributed by atoms with van der Waals surface area (Å²) < 4.78 is 38.4. The summed E-state index contributed by atoms with van der Waals surface area (Å²) in [5.41, 5.74) is 0.659. The molecule has 0 fully saturated rings. The Morgan fingerprint density at radius 1 is 1.32 bits per heavy atom. The minimum absolute atomic E-state index is 0.121. The van der Waals surface area contributed by atoms with Gasteiger partial charge in [-0.1, -0.05) is 29.0 Å². The summed E-state index contributed by atoms with van der Waals surface area (Å²) in [7, 11) is 0. The first kappa shape index (κ1) is 15.2. The van der Waals surface area contributed by atoms with Crippen LogP contribution in [0.25, 0.3) is 10.1 Å². The summed E-state index contributed by atoms with van der Waals surface area (Å²) in [4.78, 5) is 12.2. The lowest BCUT2D eigenvalue weighted by molar-refractivity contribution is -0.137. The molecule has 0 atom stereocenters. The second-order valence-electron chi connectivity index (χ2n) is 4.15. The van der Waals surface area contributed by atoms with E-state index in [1.807, 2.05) is 0 Å². The van der Waals surface area contributed by atoms with Gasteiger partial charge in [-0.05, 0) is 12.1 Å². The number of alkyl halides is 3. The molecule has 0 radical (unpaired) electrons. The van der Waals surface area contributed by atoms with E-state index in [1.54, 1.807) is 0 Å². The van der Waals surface area contributed by atoms with Crippen molar-refractivity contribution in [1.29, 1.82) is 0 Å². The molecule has 4 nitrogen and oxygen atoms in total. The number of aromatic nitrogens is 2. The number of rotatable bonds is 2. The zero-order chi connectivity index (χ0) is 15.9. The number of carbonyl (C=O) groups excluding carboxylic acids is 1. The number of thiophene rings is 1. The molecule has 3 aromatic rings. The van der Waals surface area contributed by atoms with Gasteiger partial charge in [0.05, 0.1) is 10.6 Å². The molecule has 0 aliphatic rings. The Morgan fingerprint density at radius 2 is 2.09 bits per heavy atom. The van der Waals surface area contributed by atoms with Crippen molar-refractivity contribution in [2.45, 2.75) is 6.18 Å². The Balaban J connectivity index is 2.00. The predicted octanol–water partition coefficient (Wildman–Crippen LogP) is 4.68. The zero-order valence-corrected chi connectivity index (χ0v) is 12.8. The highest BCUT2D eigenvalue weighted by molar-refractivity contribution is 7.21. The van der Waals surface area contributed by atoms with E-state index in [-0.39, 0.29) is 15.0 Å². The highest BCUT2D eigenvalue weighted by atomic mass is 35.5. The minimum atomic E-state index is -4.44. The smallest absolute Gasteiger partial charge is 0.296 e. The molecule has 10 heteroatoms. The number of nitrogens with zero attached hydrogens (tertiary/aromatic N) is 2. The number of fused-ring (bicyclic) bond motifs is 1. The molecule has 0 bridgehead atoms. The van der Waals surface area contributed by atoms with Crippen molar-refractivity contribution in [1.82, 2.24) is 10.2 Å². The van der Waals surface area contributed by atoms with Gasteiger partial charge in [-0.3, -0.25) is 10.1 Å². The first-order chi connectivity index (χ1) is 10.4. The van der Waals surface area contributed by atoms with Crippen LogP contribution in [0.15, 0.2) is 23.7 Å². The third-order valence-electron chi connectivity index (χ3n) is 2.74. The maximum Gasteiger partial charge on any atom is 0.416 e. The summed E-state index contributed by atoms with van der Waals surface area (Å²) in [6.45, 7) is 0. The van der Waals surface area contributed by atoms with Crippen LogP contribution in [0.1, 0.15) is 15.2 Å². The van der Waals surface area contributed by atoms with Crippen LogP contribution in [-0.2, 0) is 6.18 Å². The highest BCUT2D eigenvalue weighted by Gasteiger charge is 2.31. The zero-order valence-electron chi connectivity index (χ0n) is 10.4. The molecule has 1 N–H and O–H groups in total. The van der Waals surface area contributed by atoms with Gasteiger partial charge in [0.25, 0.3) is 5.91 Å². The molecule has 0 saturated heterocycles. The van der Waals surface area contributed by atoms with Gasteiger partial charge >= 0.3 is 6.18 Å². The molecule has 1 aromatic carbocycles. The molecular weight excluding hydrogens is 359 g/mol. The molecule has 0 aliphatic carbocycles. The monoisotopic (exact) mass is 363 g/mol. The summed E-state index contributed by atoms with van der Waals surface area (Å²) in [5, 5.41) is 10.5. The molecule has 2 aromatic heterocycles. The third kappa shape index (κ3) is 2.79. The van der Waals surface area contributed by atoms with Gasteiger partial charge in [0, 0.05) is 10.1 Å². The lowest BCUT2D eigenvalue weighted by Crippen LogP contribution is -2.10. The van der Waals surface area contributed by atoms with Crippen molar-refractivity contribution in [3.63, 3.8) is 0 Å². The van der Waals surface area contributed by atoms with Crippen molar-refractivity contribution < 1.29 is 18.0 Å². The fourth-order valence-electron chi connectivity index (χ4n) is 1.77. The third-order valence-corrected chi connectivity index (χ3v) is 5.01. The van der Waals surface area contributed by atoms with E-state index < -0.39 is 17.6 Å². The molecule has 114 valence electrons. The molecule has 0 unspecified atom stereocenters. The highest BCUT2D eigenvalue weighted by Crippen LogP contribution is 2.39. The van der Waals surface area contributed by atoms with Gasteiger partial charge in [-0.25, -0.2) is 0 Å². The van der Waals surface area contributed by atoms with Crippen molar-refractivity contribution in [2.24, 2.45) is 0 Å². The number of nitrogens with one attached hydrogen (secondary N) is 1. The topological polar surface area (TPSA) is 54.9 Å². The van der Waals surface area contributed by atoms with E-state index in [9.17, 15) is 18.0 Å². The van der Waals surface area contributed by atoms with Crippen LogP contribution in [0.3, 0.4) is 0 Å². The average molecular weight is 364 g/mol. The SMILES string of the molecule is O=C(Nc1nncs1)c1sc2cc(C(F)(F)F)ccc2c1Cl. The van der Waals surface area contributed by atoms with Crippen LogP contribution in [0.4, 0.5) is 18.3 Å². The molecule has 3 rings (SSSR count). The van der Waals surface area contributed by atoms with Crippen LogP contribution in [-0.4, -0.2) is 16.1 Å². The van der Waals surface area contributed by atoms with Crippen LogP contribution in [0.2, 0.25) is 5.02 Å². The predicted molar refractivity (Wildman–Crippen MR) is 79.7 cm³/mol. The number of anilines is 1. The van der Waals surface area contributed by atoms with Gasteiger partial charge in [0.15, 0.2) is 0 Å². The van der Waals surface area contributed by atoms with E-state index in [2.05, 4.69) is 15.5 Å². The van der Waals surface area contributed by atoms with Gasteiger partial charge in [0.2, 0.25) is 5.13 Å². The van der Waals surface area contributed by atoms with E-state index in [0.29, 0.717) is 10.1 Å². The summed E-state index contributed by atoms with van der Waals surface area (Å²) in [6, 6.07) is 3.18. The first-order valence-corrected chi connectivity index (χ1v) is 7.80. The quantitative estimate of drug-likeness (QED) is 0.719. The fourth-order valence-corrected chi connectivity index (χ4v) is 3.66. The van der Waals surface area contributed by atoms with Crippen LogP contribution >= 0.6 is 34.3 Å². The largest absolute Gasteiger partial charge is 0.416 e. The van der Waals surface area contributed by atoms with Crippen molar-refractivity contribution >= 4 is 55.4 Å². The van der Waals surface area contributed by atoms with Crippen molar-refractivity contribution in [3.8, 4) is 0 Å². The number of hydrogen-bond acceptors (Lipinski definition) is 5. The number of amides is 1. The van der Waals surface area contributed by atoms with Gasteiger partial charge < -0.3 is 0 Å². The average Bonchev–Trinajstić information content (AvgIpc) is 3.06.